The molecular weight excluding hydrogens is 502 g/mol. The average molecular weight is 529 g/mol. The fraction of sp³-hybridized carbons (Fsp3) is 0.286. The van der Waals surface area contributed by atoms with Gasteiger partial charge in [0.15, 0.2) is 0 Å². The van der Waals surface area contributed by atoms with Crippen LogP contribution in [0.1, 0.15) is 0 Å². The number of nitrogens with zero attached hydrogens (tertiary/aromatic N) is 3. The van der Waals surface area contributed by atoms with E-state index >= 15 is 0 Å². The fourth-order valence-electron chi connectivity index (χ4n) is 3.02. The molecule has 3 heterocycles. The van der Waals surface area contributed by atoms with Gasteiger partial charge < -0.3 is 0 Å². The molecule has 3 aromatic heterocycles. The molecule has 12 nitrogen and oxygen atoms in total. The Morgan fingerprint density at radius 2 is 0.882 bits per heavy atom. The van der Waals surface area contributed by atoms with Gasteiger partial charge in [0, 0.05) is 0 Å². The molecule has 6 N–H and O–H groups in total. The van der Waals surface area contributed by atoms with Gasteiger partial charge >= 0.3 is 201 Å². The summed E-state index contributed by atoms with van der Waals surface area (Å²) >= 11 is -3.95. The van der Waals surface area contributed by atoms with Gasteiger partial charge in [-0.1, -0.05) is 0 Å². The molecule has 180 valence electrons. The zero-order valence-electron chi connectivity index (χ0n) is 18.5. The third-order valence-corrected chi connectivity index (χ3v) is 7.47. The minimum absolute atomic E-state index is 0.0302. The van der Waals surface area contributed by atoms with Gasteiger partial charge in [0.25, 0.3) is 0 Å². The molecule has 0 aliphatic rings. The van der Waals surface area contributed by atoms with E-state index in [9.17, 15) is 14.4 Å². The summed E-state index contributed by atoms with van der Waals surface area (Å²) in [5.41, 5.74) is 15.6. The van der Waals surface area contributed by atoms with Gasteiger partial charge in [-0.05, 0) is 0 Å². The Hall–Kier alpha value is -3.23. The molecule has 0 bridgehead atoms. The van der Waals surface area contributed by atoms with Crippen LogP contribution in [0.25, 0.3) is 0 Å². The number of nitrogens with two attached hydrogens (primary N) is 3. The van der Waals surface area contributed by atoms with Crippen molar-refractivity contribution in [1.29, 1.82) is 0 Å². The van der Waals surface area contributed by atoms with Crippen LogP contribution in [-0.4, -0.2) is 50.6 Å². The maximum atomic E-state index is 12.4. The molecule has 34 heavy (non-hydrogen) atoms. The molecule has 0 fully saturated rings. The van der Waals surface area contributed by atoms with Crippen LogP contribution in [-0.2, 0) is 19.6 Å². The summed E-state index contributed by atoms with van der Waals surface area (Å²) in [6, 6.07) is 3.99. The SMILES string of the molecule is NCCn1ccc(=O)c([O][Ga]([O]c2cn(CCN)ccc2=O)[O]c2cn(CCN)ccc2=O)c1. The third kappa shape index (κ3) is 6.88. The summed E-state index contributed by atoms with van der Waals surface area (Å²) in [5, 5.41) is 0. The van der Waals surface area contributed by atoms with Crippen molar-refractivity contribution in [1.82, 2.24) is 13.7 Å². The van der Waals surface area contributed by atoms with Crippen LogP contribution in [0.5, 0.6) is 17.2 Å². The number of hydrogen-bond donors (Lipinski definition) is 3. The fourth-order valence-corrected chi connectivity index (χ4v) is 5.74. The van der Waals surface area contributed by atoms with Crippen LogP contribution in [0, 0.1) is 0 Å². The number of pyridine rings is 3. The van der Waals surface area contributed by atoms with E-state index in [0.29, 0.717) is 39.3 Å². The Morgan fingerprint density at radius 3 is 1.15 bits per heavy atom. The van der Waals surface area contributed by atoms with E-state index in [1.165, 1.54) is 36.8 Å². The molecule has 3 rings (SSSR count). The molecular formula is C21H27GaN6O6. The van der Waals surface area contributed by atoms with Crippen molar-refractivity contribution in [3.63, 3.8) is 0 Å². The molecule has 0 spiro atoms. The van der Waals surface area contributed by atoms with Gasteiger partial charge in [0.05, 0.1) is 0 Å². The quantitative estimate of drug-likeness (QED) is 0.238. The Kier molecular flexibility index (Phi) is 9.18. The van der Waals surface area contributed by atoms with E-state index in [4.69, 9.17) is 27.8 Å². The van der Waals surface area contributed by atoms with Crippen LogP contribution < -0.4 is 44.1 Å². The second-order valence-electron chi connectivity index (χ2n) is 7.24. The van der Waals surface area contributed by atoms with E-state index in [0.717, 1.165) is 0 Å². The predicted octanol–water partition coefficient (Wildman–Crippen LogP) is -1.43. The van der Waals surface area contributed by atoms with Gasteiger partial charge in [-0.25, -0.2) is 0 Å². The molecule has 3 aromatic rings. The van der Waals surface area contributed by atoms with E-state index in [2.05, 4.69) is 0 Å². The number of aromatic nitrogens is 3. The van der Waals surface area contributed by atoms with Gasteiger partial charge in [0.1, 0.15) is 0 Å². The van der Waals surface area contributed by atoms with Crippen LogP contribution >= 0.6 is 0 Å². The first-order chi connectivity index (χ1) is 16.4. The summed E-state index contributed by atoms with van der Waals surface area (Å²) in [5.74, 6) is -0.0906. The number of rotatable bonds is 12. The molecule has 0 atom stereocenters. The van der Waals surface area contributed by atoms with E-state index in [-0.39, 0.29) is 17.2 Å². The van der Waals surface area contributed by atoms with Crippen LogP contribution in [0.2, 0.25) is 0 Å². The Morgan fingerprint density at radius 1 is 0.588 bits per heavy atom. The predicted molar refractivity (Wildman–Crippen MR) is 127 cm³/mol. The zero-order chi connectivity index (χ0) is 24.5. The van der Waals surface area contributed by atoms with E-state index in [1.807, 2.05) is 0 Å². The maximum absolute atomic E-state index is 12.4. The molecule has 0 amide bonds. The normalized spacial score (nSPS) is 10.7. The van der Waals surface area contributed by atoms with E-state index in [1.54, 1.807) is 32.3 Å². The van der Waals surface area contributed by atoms with Crippen molar-refractivity contribution < 1.29 is 10.6 Å². The van der Waals surface area contributed by atoms with Crippen LogP contribution in [0.4, 0.5) is 0 Å². The second kappa shape index (κ2) is 12.3. The van der Waals surface area contributed by atoms with Crippen LogP contribution in [0.15, 0.2) is 69.8 Å². The standard InChI is InChI=1S/3C7H10N2O2.Ga/c3*8-2-4-9-3-1-6(10)7(11)5-9;/h3*1,3,5,11H,2,4,8H2;/q;;;+3/p-3. The van der Waals surface area contributed by atoms with Crippen molar-refractivity contribution in [3.8, 4) is 17.2 Å². The topological polar surface area (TPSA) is 172 Å². The Balaban J connectivity index is 1.97. The van der Waals surface area contributed by atoms with Crippen molar-refractivity contribution in [3.05, 3.63) is 86.1 Å². The second-order valence-corrected chi connectivity index (χ2v) is 9.94. The minimum atomic E-state index is -3.95. The van der Waals surface area contributed by atoms with Gasteiger partial charge in [0.2, 0.25) is 0 Å². The summed E-state index contributed by atoms with van der Waals surface area (Å²) in [6.07, 6.45) is 9.19. The summed E-state index contributed by atoms with van der Waals surface area (Å²) in [6.45, 7) is 2.45. The monoisotopic (exact) mass is 528 g/mol. The van der Waals surface area contributed by atoms with Gasteiger partial charge in [-0.2, -0.15) is 0 Å². The summed E-state index contributed by atoms with van der Waals surface area (Å²) < 4.78 is 22.7. The van der Waals surface area contributed by atoms with Crippen LogP contribution in [0.3, 0.4) is 0 Å². The molecule has 0 aliphatic heterocycles. The Labute approximate surface area is 201 Å². The third-order valence-electron chi connectivity index (χ3n) is 4.66. The van der Waals surface area contributed by atoms with Crippen molar-refractivity contribution >= 4 is 17.3 Å². The van der Waals surface area contributed by atoms with Crippen molar-refractivity contribution in [2.24, 2.45) is 17.2 Å². The first kappa shape index (κ1) is 25.4. The molecule has 0 radical (unpaired) electrons. The van der Waals surface area contributed by atoms with E-state index < -0.39 is 33.6 Å². The first-order valence-corrected chi connectivity index (χ1v) is 13.6. The first-order valence-electron chi connectivity index (χ1n) is 10.6. The molecule has 0 aliphatic carbocycles. The molecule has 0 aromatic carbocycles. The summed E-state index contributed by atoms with van der Waals surface area (Å²) in [4.78, 5) is 37.3. The van der Waals surface area contributed by atoms with Crippen molar-refractivity contribution in [2.75, 3.05) is 19.6 Å². The summed E-state index contributed by atoms with van der Waals surface area (Å²) in [7, 11) is 0. The van der Waals surface area contributed by atoms with Gasteiger partial charge in [-0.3, -0.25) is 0 Å². The molecule has 13 heteroatoms. The number of hydrogen-bond acceptors (Lipinski definition) is 9. The molecule has 0 saturated carbocycles. The Bertz CT molecular complexity index is 1120. The van der Waals surface area contributed by atoms with Crippen molar-refractivity contribution in [2.45, 2.75) is 19.6 Å². The zero-order valence-corrected chi connectivity index (χ0v) is 21.0. The van der Waals surface area contributed by atoms with Gasteiger partial charge in [-0.15, -0.1) is 0 Å². The molecule has 0 saturated heterocycles. The molecule has 0 unspecified atom stereocenters. The average Bonchev–Trinajstić information content (AvgIpc) is 2.81.